The van der Waals surface area contributed by atoms with Gasteiger partial charge < -0.3 is 10.1 Å². The number of nitrogens with zero attached hydrogens (tertiary/aromatic N) is 1. The first-order valence-corrected chi connectivity index (χ1v) is 8.59. The fraction of sp³-hybridized carbons (Fsp3) is 0.750. The average Bonchev–Trinajstić information content (AvgIpc) is 2.92. The molecular weight excluding hydrogens is 268 g/mol. The van der Waals surface area contributed by atoms with Gasteiger partial charge in [0.15, 0.2) is 0 Å². The maximum absolute atomic E-state index is 5.35. The van der Waals surface area contributed by atoms with E-state index in [-0.39, 0.29) is 0 Å². The minimum absolute atomic E-state index is 0.546. The molecule has 116 valence electrons. The molecule has 0 aliphatic carbocycles. The average molecular weight is 298 g/mol. The maximum Gasteiger partial charge on any atom is 0.0477 e. The van der Waals surface area contributed by atoms with E-state index in [9.17, 15) is 0 Å². The number of rotatable bonds is 11. The first-order chi connectivity index (χ1) is 9.65. The Morgan fingerprint density at radius 1 is 1.35 bits per heavy atom. The van der Waals surface area contributed by atoms with Crippen LogP contribution in [-0.4, -0.2) is 43.3 Å². The van der Waals surface area contributed by atoms with E-state index in [0.29, 0.717) is 12.1 Å². The van der Waals surface area contributed by atoms with Crippen molar-refractivity contribution in [3.05, 3.63) is 22.4 Å². The lowest BCUT2D eigenvalue weighted by molar-refractivity contribution is 0.139. The zero-order valence-electron chi connectivity index (χ0n) is 13.4. The number of thiophene rings is 1. The van der Waals surface area contributed by atoms with Crippen LogP contribution in [0.1, 0.15) is 39.0 Å². The number of nitrogens with one attached hydrogen (secondary N) is 1. The van der Waals surface area contributed by atoms with Gasteiger partial charge in [-0.1, -0.05) is 6.07 Å². The molecule has 0 aromatic carbocycles. The molecule has 0 amide bonds. The van der Waals surface area contributed by atoms with Gasteiger partial charge >= 0.3 is 0 Å². The van der Waals surface area contributed by atoms with Crippen LogP contribution in [0.5, 0.6) is 0 Å². The summed E-state index contributed by atoms with van der Waals surface area (Å²) in [7, 11) is 0. The highest BCUT2D eigenvalue weighted by molar-refractivity contribution is 7.09. The third kappa shape index (κ3) is 6.84. The largest absolute Gasteiger partial charge is 0.382 e. The van der Waals surface area contributed by atoms with Crippen LogP contribution >= 0.6 is 11.3 Å². The Labute approximate surface area is 128 Å². The third-order valence-electron chi connectivity index (χ3n) is 3.43. The van der Waals surface area contributed by atoms with E-state index in [1.54, 1.807) is 0 Å². The van der Waals surface area contributed by atoms with E-state index in [1.165, 1.54) is 4.88 Å². The summed E-state index contributed by atoms with van der Waals surface area (Å²) in [5.41, 5.74) is 0. The molecule has 0 fully saturated rings. The van der Waals surface area contributed by atoms with Crippen molar-refractivity contribution in [1.82, 2.24) is 10.2 Å². The summed E-state index contributed by atoms with van der Waals surface area (Å²) in [6.45, 7) is 13.7. The van der Waals surface area contributed by atoms with Gasteiger partial charge in [0.05, 0.1) is 0 Å². The van der Waals surface area contributed by atoms with Gasteiger partial charge in [-0.15, -0.1) is 11.3 Å². The van der Waals surface area contributed by atoms with E-state index < -0.39 is 0 Å². The van der Waals surface area contributed by atoms with Crippen molar-refractivity contribution >= 4 is 11.3 Å². The van der Waals surface area contributed by atoms with Crippen LogP contribution in [0.2, 0.25) is 0 Å². The van der Waals surface area contributed by atoms with Gasteiger partial charge in [0.2, 0.25) is 0 Å². The van der Waals surface area contributed by atoms with Gasteiger partial charge in [-0.05, 0) is 52.1 Å². The van der Waals surface area contributed by atoms with Crippen LogP contribution in [-0.2, 0) is 11.3 Å². The van der Waals surface area contributed by atoms with Gasteiger partial charge in [0.25, 0.3) is 0 Å². The fourth-order valence-electron chi connectivity index (χ4n) is 2.30. The van der Waals surface area contributed by atoms with Crippen LogP contribution < -0.4 is 5.32 Å². The Morgan fingerprint density at radius 3 is 2.75 bits per heavy atom. The highest BCUT2D eigenvalue weighted by Crippen LogP contribution is 2.16. The molecular formula is C16H30N2OS. The van der Waals surface area contributed by atoms with Crippen LogP contribution in [0, 0.1) is 0 Å². The molecule has 0 aliphatic heterocycles. The molecule has 0 saturated heterocycles. The zero-order valence-corrected chi connectivity index (χ0v) is 14.2. The molecule has 20 heavy (non-hydrogen) atoms. The molecule has 3 nitrogen and oxygen atoms in total. The summed E-state index contributed by atoms with van der Waals surface area (Å²) in [4.78, 5) is 4.00. The van der Waals surface area contributed by atoms with Crippen molar-refractivity contribution in [2.45, 2.75) is 52.7 Å². The summed E-state index contributed by atoms with van der Waals surface area (Å²) < 4.78 is 5.35. The first-order valence-electron chi connectivity index (χ1n) is 7.71. The summed E-state index contributed by atoms with van der Waals surface area (Å²) >= 11 is 1.84. The van der Waals surface area contributed by atoms with Gasteiger partial charge in [0, 0.05) is 43.3 Å². The summed E-state index contributed by atoms with van der Waals surface area (Å²) in [6, 6.07) is 5.47. The molecule has 1 atom stereocenters. The lowest BCUT2D eigenvalue weighted by Crippen LogP contribution is -2.43. The van der Waals surface area contributed by atoms with Crippen LogP contribution in [0.4, 0.5) is 0 Å². The SMILES string of the molecule is CCOCCCNCC(C)N(Cc1cccs1)C(C)C. The van der Waals surface area contributed by atoms with Gasteiger partial charge in [-0.2, -0.15) is 0 Å². The van der Waals surface area contributed by atoms with Gasteiger partial charge in [-0.3, -0.25) is 4.90 Å². The Balaban J connectivity index is 2.27. The standard InChI is InChI=1S/C16H30N2OS/c1-5-19-10-7-9-17-12-15(4)18(14(2)3)13-16-8-6-11-20-16/h6,8,11,14-15,17H,5,7,9-10,12-13H2,1-4H3. The Hall–Kier alpha value is -0.420. The van der Waals surface area contributed by atoms with Crippen molar-refractivity contribution in [2.75, 3.05) is 26.3 Å². The minimum Gasteiger partial charge on any atom is -0.382 e. The predicted octanol–water partition coefficient (Wildman–Crippen LogP) is 3.36. The second-order valence-corrected chi connectivity index (χ2v) is 6.48. The van der Waals surface area contributed by atoms with Crippen molar-refractivity contribution < 1.29 is 4.74 Å². The van der Waals surface area contributed by atoms with Crippen molar-refractivity contribution in [1.29, 1.82) is 0 Å². The molecule has 0 radical (unpaired) electrons. The smallest absolute Gasteiger partial charge is 0.0477 e. The molecule has 1 rings (SSSR count). The van der Waals surface area contributed by atoms with Gasteiger partial charge in [0.1, 0.15) is 0 Å². The summed E-state index contributed by atoms with van der Waals surface area (Å²) in [6.07, 6.45) is 1.09. The van der Waals surface area contributed by atoms with Crippen LogP contribution in [0.25, 0.3) is 0 Å². The zero-order chi connectivity index (χ0) is 14.8. The van der Waals surface area contributed by atoms with Gasteiger partial charge in [-0.25, -0.2) is 0 Å². The maximum atomic E-state index is 5.35. The first kappa shape index (κ1) is 17.6. The monoisotopic (exact) mass is 298 g/mol. The molecule has 0 aliphatic rings. The van der Waals surface area contributed by atoms with Crippen LogP contribution in [0.3, 0.4) is 0 Å². The van der Waals surface area contributed by atoms with E-state index in [2.05, 4.69) is 48.5 Å². The highest BCUT2D eigenvalue weighted by atomic mass is 32.1. The number of ether oxygens (including phenoxy) is 1. The Morgan fingerprint density at radius 2 is 2.15 bits per heavy atom. The lowest BCUT2D eigenvalue weighted by Gasteiger charge is -2.32. The molecule has 0 bridgehead atoms. The summed E-state index contributed by atoms with van der Waals surface area (Å²) in [5.74, 6) is 0. The van der Waals surface area contributed by atoms with E-state index in [0.717, 1.165) is 39.3 Å². The predicted molar refractivity (Wildman–Crippen MR) is 88.4 cm³/mol. The second-order valence-electron chi connectivity index (χ2n) is 5.45. The molecule has 1 aromatic heterocycles. The van der Waals surface area contributed by atoms with Crippen molar-refractivity contribution in [2.24, 2.45) is 0 Å². The lowest BCUT2D eigenvalue weighted by atomic mass is 10.2. The minimum atomic E-state index is 0.546. The molecule has 1 N–H and O–H groups in total. The van der Waals surface area contributed by atoms with Crippen molar-refractivity contribution in [3.8, 4) is 0 Å². The molecule has 0 spiro atoms. The van der Waals surface area contributed by atoms with Crippen LogP contribution in [0.15, 0.2) is 17.5 Å². The third-order valence-corrected chi connectivity index (χ3v) is 4.30. The number of hydrogen-bond donors (Lipinski definition) is 1. The number of hydrogen-bond acceptors (Lipinski definition) is 4. The Bertz CT molecular complexity index is 327. The fourth-order valence-corrected chi connectivity index (χ4v) is 3.01. The Kier molecular flexibility index (Phi) is 9.10. The molecule has 1 heterocycles. The molecule has 1 aromatic rings. The topological polar surface area (TPSA) is 24.5 Å². The second kappa shape index (κ2) is 10.3. The van der Waals surface area contributed by atoms with Crippen molar-refractivity contribution in [3.63, 3.8) is 0 Å². The normalized spacial score (nSPS) is 13.3. The quantitative estimate of drug-likeness (QED) is 0.634. The molecule has 1 unspecified atom stereocenters. The van der Waals surface area contributed by atoms with E-state index in [4.69, 9.17) is 4.74 Å². The highest BCUT2D eigenvalue weighted by Gasteiger charge is 2.17. The molecule has 4 heteroatoms. The summed E-state index contributed by atoms with van der Waals surface area (Å²) in [5, 5.41) is 5.70. The van der Waals surface area contributed by atoms with E-state index >= 15 is 0 Å². The van der Waals surface area contributed by atoms with E-state index in [1.807, 2.05) is 18.3 Å². The molecule has 0 saturated carbocycles.